The van der Waals surface area contributed by atoms with Crippen molar-refractivity contribution >= 4 is 15.7 Å². The van der Waals surface area contributed by atoms with Crippen molar-refractivity contribution in [3.8, 4) is 0 Å². The van der Waals surface area contributed by atoms with E-state index in [9.17, 15) is 8.42 Å². The van der Waals surface area contributed by atoms with Crippen LogP contribution in [0.15, 0.2) is 23.4 Å². The summed E-state index contributed by atoms with van der Waals surface area (Å²) in [5.74, 6) is 0. The largest absolute Gasteiger partial charge is 0.396 e. The second kappa shape index (κ2) is 5.24. The minimum atomic E-state index is -3.66. The highest BCUT2D eigenvalue weighted by molar-refractivity contribution is 7.89. The first-order chi connectivity index (χ1) is 7.47. The summed E-state index contributed by atoms with van der Waals surface area (Å²) in [4.78, 5) is 3.74. The van der Waals surface area contributed by atoms with Gasteiger partial charge in [0.05, 0.1) is 11.8 Å². The average Bonchev–Trinajstić information content (AvgIpc) is 2.26. The number of methoxy groups -OCH3 is 1. The molecule has 6 nitrogen and oxygen atoms in total. The maximum atomic E-state index is 11.8. The van der Waals surface area contributed by atoms with Gasteiger partial charge in [0.2, 0.25) is 0 Å². The van der Waals surface area contributed by atoms with Crippen LogP contribution in [0.3, 0.4) is 0 Å². The van der Waals surface area contributed by atoms with Crippen molar-refractivity contribution in [3.05, 3.63) is 18.3 Å². The number of hydrogen-bond donors (Lipinski definition) is 2. The number of nitrogens with two attached hydrogens (primary N) is 1. The van der Waals surface area contributed by atoms with E-state index >= 15 is 0 Å². The van der Waals surface area contributed by atoms with Crippen LogP contribution >= 0.6 is 0 Å². The molecule has 0 amide bonds. The van der Waals surface area contributed by atoms with Crippen molar-refractivity contribution in [1.82, 2.24) is 9.71 Å². The first kappa shape index (κ1) is 12.9. The molecule has 0 aliphatic heterocycles. The Morgan fingerprint density at radius 3 is 2.88 bits per heavy atom. The maximum Gasteiger partial charge on any atom is 0.260 e. The van der Waals surface area contributed by atoms with Crippen LogP contribution in [0.1, 0.15) is 6.92 Å². The van der Waals surface area contributed by atoms with Gasteiger partial charge < -0.3 is 10.5 Å². The van der Waals surface area contributed by atoms with Crippen LogP contribution in [0, 0.1) is 0 Å². The molecule has 0 aliphatic carbocycles. The van der Waals surface area contributed by atoms with Crippen molar-refractivity contribution in [1.29, 1.82) is 0 Å². The number of pyridine rings is 1. The molecule has 1 rings (SSSR count). The molecule has 0 bridgehead atoms. The Kier molecular flexibility index (Phi) is 4.22. The Hall–Kier alpha value is -1.18. The van der Waals surface area contributed by atoms with Gasteiger partial charge in [0, 0.05) is 19.9 Å². The van der Waals surface area contributed by atoms with Crippen molar-refractivity contribution in [3.63, 3.8) is 0 Å². The average molecular weight is 245 g/mol. The number of rotatable bonds is 5. The molecule has 0 fully saturated rings. The highest BCUT2D eigenvalue weighted by Crippen LogP contribution is 2.13. The summed E-state index contributed by atoms with van der Waals surface area (Å²) in [7, 11) is -2.15. The number of ether oxygens (including phenoxy) is 1. The van der Waals surface area contributed by atoms with Gasteiger partial charge in [-0.05, 0) is 19.1 Å². The molecule has 0 radical (unpaired) electrons. The molecule has 0 saturated heterocycles. The fraction of sp³-hybridized carbons (Fsp3) is 0.444. The topological polar surface area (TPSA) is 94.3 Å². The van der Waals surface area contributed by atoms with Gasteiger partial charge in [0.15, 0.2) is 5.03 Å². The molecule has 0 aliphatic rings. The fourth-order valence-electron chi connectivity index (χ4n) is 1.01. The van der Waals surface area contributed by atoms with E-state index in [0.29, 0.717) is 0 Å². The molecule has 0 aromatic carbocycles. The predicted octanol–water partition coefficient (Wildman–Crippen LogP) is -0.0230. The van der Waals surface area contributed by atoms with Crippen molar-refractivity contribution < 1.29 is 13.2 Å². The molecule has 16 heavy (non-hydrogen) atoms. The Balaban J connectivity index is 2.83. The Morgan fingerprint density at radius 1 is 1.62 bits per heavy atom. The van der Waals surface area contributed by atoms with E-state index in [1.165, 1.54) is 19.4 Å². The van der Waals surface area contributed by atoms with Gasteiger partial charge in [0.25, 0.3) is 10.0 Å². The summed E-state index contributed by atoms with van der Waals surface area (Å²) < 4.78 is 30.8. The summed E-state index contributed by atoms with van der Waals surface area (Å²) in [6.45, 7) is 1.93. The van der Waals surface area contributed by atoms with E-state index in [2.05, 4.69) is 9.71 Å². The van der Waals surface area contributed by atoms with Gasteiger partial charge in [-0.3, -0.25) is 0 Å². The van der Waals surface area contributed by atoms with Crippen LogP contribution < -0.4 is 10.5 Å². The fourth-order valence-corrected chi connectivity index (χ4v) is 2.18. The number of aromatic nitrogens is 1. The summed E-state index contributed by atoms with van der Waals surface area (Å²) in [6.07, 6.45) is 1.17. The Bertz CT molecular complexity index is 447. The van der Waals surface area contributed by atoms with E-state index in [1.54, 1.807) is 13.0 Å². The summed E-state index contributed by atoms with van der Waals surface area (Å²) >= 11 is 0. The highest BCUT2D eigenvalue weighted by atomic mass is 32.2. The van der Waals surface area contributed by atoms with Crippen LogP contribution in [-0.2, 0) is 14.8 Å². The number of anilines is 1. The van der Waals surface area contributed by atoms with E-state index in [-0.39, 0.29) is 23.4 Å². The lowest BCUT2D eigenvalue weighted by molar-refractivity contribution is 0.122. The predicted molar refractivity (Wildman–Crippen MR) is 60.3 cm³/mol. The quantitative estimate of drug-likeness (QED) is 0.760. The van der Waals surface area contributed by atoms with E-state index in [0.717, 1.165) is 0 Å². The number of nitrogen functional groups attached to an aromatic ring is 1. The monoisotopic (exact) mass is 245 g/mol. The Labute approximate surface area is 94.9 Å². The number of nitrogens with one attached hydrogen (secondary N) is 1. The molecule has 1 unspecified atom stereocenters. The van der Waals surface area contributed by atoms with Gasteiger partial charge in [-0.15, -0.1) is 0 Å². The second-order valence-corrected chi connectivity index (χ2v) is 4.98. The van der Waals surface area contributed by atoms with Crippen LogP contribution in [0.4, 0.5) is 5.69 Å². The first-order valence-electron chi connectivity index (χ1n) is 4.70. The number of hydrogen-bond acceptors (Lipinski definition) is 5. The summed E-state index contributed by atoms with van der Waals surface area (Å²) in [5.41, 5.74) is 5.66. The second-order valence-electron chi connectivity index (χ2n) is 3.30. The third kappa shape index (κ3) is 3.16. The molecule has 90 valence electrons. The van der Waals surface area contributed by atoms with Crippen LogP contribution in [0.5, 0.6) is 0 Å². The molecule has 1 atom stereocenters. The number of sulfonamides is 1. The van der Waals surface area contributed by atoms with E-state index in [4.69, 9.17) is 10.5 Å². The maximum absolute atomic E-state index is 11.8. The van der Waals surface area contributed by atoms with Gasteiger partial charge >= 0.3 is 0 Å². The highest BCUT2D eigenvalue weighted by Gasteiger charge is 2.19. The molecule has 7 heteroatoms. The van der Waals surface area contributed by atoms with Crippen molar-refractivity contribution in [2.45, 2.75) is 18.1 Å². The standard InChI is InChI=1S/C9H15N3O3S/c1-7(15-2)6-12-16(13,14)9-8(10)4-3-5-11-9/h3-5,7,12H,6,10H2,1-2H3. The first-order valence-corrected chi connectivity index (χ1v) is 6.18. The minimum Gasteiger partial charge on any atom is -0.396 e. The molecule has 1 aromatic rings. The van der Waals surface area contributed by atoms with Gasteiger partial charge in [-0.1, -0.05) is 0 Å². The van der Waals surface area contributed by atoms with Crippen LogP contribution in [0.25, 0.3) is 0 Å². The van der Waals surface area contributed by atoms with Gasteiger partial charge in [0.1, 0.15) is 0 Å². The lowest BCUT2D eigenvalue weighted by atomic mass is 10.4. The van der Waals surface area contributed by atoms with E-state index in [1.807, 2.05) is 0 Å². The summed E-state index contributed by atoms with van der Waals surface area (Å²) in [5, 5.41) is -0.154. The van der Waals surface area contributed by atoms with E-state index < -0.39 is 10.0 Å². The molecule has 1 aromatic heterocycles. The summed E-state index contributed by atoms with van der Waals surface area (Å²) in [6, 6.07) is 3.06. The lowest BCUT2D eigenvalue weighted by Crippen LogP contribution is -2.32. The van der Waals surface area contributed by atoms with Crippen molar-refractivity contribution in [2.24, 2.45) is 0 Å². The third-order valence-electron chi connectivity index (χ3n) is 2.02. The minimum absolute atomic E-state index is 0.125. The molecule has 0 saturated carbocycles. The van der Waals surface area contributed by atoms with Gasteiger partial charge in [-0.2, -0.15) is 0 Å². The van der Waals surface area contributed by atoms with Gasteiger partial charge in [-0.25, -0.2) is 18.1 Å². The molecular weight excluding hydrogens is 230 g/mol. The molecule has 1 heterocycles. The van der Waals surface area contributed by atoms with Crippen LogP contribution in [0.2, 0.25) is 0 Å². The normalized spacial score (nSPS) is 13.6. The zero-order valence-electron chi connectivity index (χ0n) is 9.17. The number of nitrogens with zero attached hydrogens (tertiary/aromatic N) is 1. The van der Waals surface area contributed by atoms with Crippen LogP contribution in [-0.4, -0.2) is 33.2 Å². The Morgan fingerprint density at radius 2 is 2.31 bits per heavy atom. The molecule has 3 N–H and O–H groups in total. The SMILES string of the molecule is COC(C)CNS(=O)(=O)c1ncccc1N. The van der Waals surface area contributed by atoms with Crippen molar-refractivity contribution in [2.75, 3.05) is 19.4 Å². The molecule has 0 spiro atoms. The molecular formula is C9H15N3O3S. The third-order valence-corrected chi connectivity index (χ3v) is 3.42. The smallest absolute Gasteiger partial charge is 0.260 e. The zero-order chi connectivity index (χ0) is 12.2. The zero-order valence-corrected chi connectivity index (χ0v) is 9.99. The lowest BCUT2D eigenvalue weighted by Gasteiger charge is -2.11.